The smallest absolute Gasteiger partial charge is 0.175 e. The highest BCUT2D eigenvalue weighted by Gasteiger charge is 2.11. The minimum absolute atomic E-state index is 0.274. The van der Waals surface area contributed by atoms with Gasteiger partial charge in [0, 0.05) is 19.5 Å². The molecule has 3 aromatic rings. The summed E-state index contributed by atoms with van der Waals surface area (Å²) >= 11 is 0. The lowest BCUT2D eigenvalue weighted by Gasteiger charge is -1.96. The molecule has 1 N–H and O–H groups in total. The molecule has 1 aromatic carbocycles. The van der Waals surface area contributed by atoms with E-state index in [-0.39, 0.29) is 4.90 Å². The van der Waals surface area contributed by atoms with Gasteiger partial charge in [-0.15, -0.1) is 0 Å². The van der Waals surface area contributed by atoms with Crippen molar-refractivity contribution in [3.05, 3.63) is 30.7 Å². The SMILES string of the molecule is Cn1cnc(-c2nc3ccc(S(C)(=O)=O)cc3[nH]2)c1. The van der Waals surface area contributed by atoms with Crippen LogP contribution in [0, 0.1) is 0 Å². The van der Waals surface area contributed by atoms with Crippen molar-refractivity contribution in [2.24, 2.45) is 7.05 Å². The minimum Gasteiger partial charge on any atom is -0.340 e. The fraction of sp³-hybridized carbons (Fsp3) is 0.167. The Bertz CT molecular complexity index is 861. The Kier molecular flexibility index (Phi) is 2.46. The normalized spacial score (nSPS) is 12.1. The number of hydrogen-bond acceptors (Lipinski definition) is 4. The molecule has 19 heavy (non-hydrogen) atoms. The Morgan fingerprint density at radius 1 is 1.32 bits per heavy atom. The lowest BCUT2D eigenvalue weighted by atomic mass is 10.3. The zero-order chi connectivity index (χ0) is 13.6. The Hall–Kier alpha value is -2.15. The van der Waals surface area contributed by atoms with Gasteiger partial charge in [-0.1, -0.05) is 0 Å². The average molecular weight is 276 g/mol. The van der Waals surface area contributed by atoms with E-state index in [1.54, 1.807) is 24.5 Å². The van der Waals surface area contributed by atoms with Crippen LogP contribution in [0.25, 0.3) is 22.6 Å². The second kappa shape index (κ2) is 3.92. The van der Waals surface area contributed by atoms with Gasteiger partial charge in [-0.2, -0.15) is 0 Å². The van der Waals surface area contributed by atoms with Gasteiger partial charge in [0.1, 0.15) is 5.69 Å². The van der Waals surface area contributed by atoms with E-state index < -0.39 is 9.84 Å². The topological polar surface area (TPSA) is 80.6 Å². The van der Waals surface area contributed by atoms with Crippen LogP contribution in [0.5, 0.6) is 0 Å². The summed E-state index contributed by atoms with van der Waals surface area (Å²) in [6, 6.07) is 4.83. The number of rotatable bonds is 2. The van der Waals surface area contributed by atoms with E-state index in [4.69, 9.17) is 0 Å². The fourth-order valence-corrected chi connectivity index (χ4v) is 2.52. The predicted octanol–water partition coefficient (Wildman–Crippen LogP) is 1.37. The maximum atomic E-state index is 11.5. The quantitative estimate of drug-likeness (QED) is 0.766. The molecule has 0 saturated heterocycles. The third kappa shape index (κ3) is 2.12. The Morgan fingerprint density at radius 2 is 2.11 bits per heavy atom. The van der Waals surface area contributed by atoms with Crippen LogP contribution in [0.4, 0.5) is 0 Å². The summed E-state index contributed by atoms with van der Waals surface area (Å²) in [4.78, 5) is 12.0. The van der Waals surface area contributed by atoms with Crippen LogP contribution >= 0.6 is 0 Å². The second-order valence-corrected chi connectivity index (χ2v) is 6.48. The van der Waals surface area contributed by atoms with Crippen molar-refractivity contribution in [1.82, 2.24) is 19.5 Å². The number of aromatic amines is 1. The molecule has 3 rings (SSSR count). The van der Waals surface area contributed by atoms with Gasteiger partial charge in [-0.25, -0.2) is 18.4 Å². The van der Waals surface area contributed by atoms with Crippen molar-refractivity contribution in [2.75, 3.05) is 6.26 Å². The van der Waals surface area contributed by atoms with Crippen molar-refractivity contribution in [3.8, 4) is 11.5 Å². The number of nitrogens with zero attached hydrogens (tertiary/aromatic N) is 3. The number of sulfone groups is 1. The van der Waals surface area contributed by atoms with Gasteiger partial charge in [-0.3, -0.25) is 0 Å². The first-order valence-corrected chi connectivity index (χ1v) is 7.51. The highest BCUT2D eigenvalue weighted by Crippen LogP contribution is 2.21. The second-order valence-electron chi connectivity index (χ2n) is 4.46. The third-order valence-corrected chi connectivity index (χ3v) is 3.94. The van der Waals surface area contributed by atoms with Crippen LogP contribution < -0.4 is 0 Å². The third-order valence-electron chi connectivity index (χ3n) is 2.83. The van der Waals surface area contributed by atoms with E-state index in [1.165, 1.54) is 6.26 Å². The molecule has 0 atom stereocenters. The number of benzene rings is 1. The van der Waals surface area contributed by atoms with Gasteiger partial charge in [0.05, 0.1) is 22.3 Å². The minimum atomic E-state index is -3.21. The number of aromatic nitrogens is 4. The van der Waals surface area contributed by atoms with Crippen molar-refractivity contribution < 1.29 is 8.42 Å². The maximum Gasteiger partial charge on any atom is 0.175 e. The Morgan fingerprint density at radius 3 is 2.74 bits per heavy atom. The van der Waals surface area contributed by atoms with Crippen LogP contribution in [0.3, 0.4) is 0 Å². The summed E-state index contributed by atoms with van der Waals surface area (Å²) < 4.78 is 24.8. The summed E-state index contributed by atoms with van der Waals surface area (Å²) in [6.45, 7) is 0. The van der Waals surface area contributed by atoms with Crippen molar-refractivity contribution in [3.63, 3.8) is 0 Å². The summed E-state index contributed by atoms with van der Waals surface area (Å²) in [7, 11) is -1.34. The molecule has 0 radical (unpaired) electrons. The first-order chi connectivity index (χ1) is 8.93. The molecule has 98 valence electrons. The van der Waals surface area contributed by atoms with Gasteiger partial charge in [0.15, 0.2) is 15.7 Å². The Balaban J connectivity index is 2.16. The number of aryl methyl sites for hydroxylation is 1. The zero-order valence-electron chi connectivity index (χ0n) is 10.5. The molecule has 0 spiro atoms. The molecular formula is C12H12N4O2S. The van der Waals surface area contributed by atoms with Crippen molar-refractivity contribution in [1.29, 1.82) is 0 Å². The highest BCUT2D eigenvalue weighted by molar-refractivity contribution is 7.90. The largest absolute Gasteiger partial charge is 0.340 e. The molecule has 0 unspecified atom stereocenters. The van der Waals surface area contributed by atoms with E-state index in [2.05, 4.69) is 15.0 Å². The number of H-pyrrole nitrogens is 1. The molecule has 0 fully saturated rings. The molecule has 0 bridgehead atoms. The van der Waals surface area contributed by atoms with Crippen LogP contribution in [0.15, 0.2) is 35.6 Å². The van der Waals surface area contributed by atoms with Crippen molar-refractivity contribution >= 4 is 20.9 Å². The number of imidazole rings is 2. The summed E-state index contributed by atoms with van der Waals surface area (Å²) in [5.74, 6) is 0.626. The molecule has 0 saturated carbocycles. The lowest BCUT2D eigenvalue weighted by molar-refractivity contribution is 0.602. The van der Waals surface area contributed by atoms with Crippen LogP contribution in [0.2, 0.25) is 0 Å². The first kappa shape index (κ1) is 11.9. The van der Waals surface area contributed by atoms with E-state index in [0.29, 0.717) is 16.9 Å². The molecule has 2 aromatic heterocycles. The molecule has 0 amide bonds. The number of fused-ring (bicyclic) bond motifs is 1. The number of hydrogen-bond donors (Lipinski definition) is 1. The molecule has 0 aliphatic heterocycles. The summed E-state index contributed by atoms with van der Waals surface area (Å²) in [6.07, 6.45) is 4.71. The molecule has 2 heterocycles. The highest BCUT2D eigenvalue weighted by atomic mass is 32.2. The fourth-order valence-electron chi connectivity index (χ4n) is 1.88. The summed E-state index contributed by atoms with van der Waals surface area (Å²) in [5, 5.41) is 0. The molecule has 0 aliphatic rings. The summed E-state index contributed by atoms with van der Waals surface area (Å²) in [5.41, 5.74) is 2.12. The van der Waals surface area contributed by atoms with Crippen LogP contribution in [0.1, 0.15) is 0 Å². The first-order valence-electron chi connectivity index (χ1n) is 5.62. The Labute approximate surface area is 110 Å². The van der Waals surface area contributed by atoms with Gasteiger partial charge in [0.2, 0.25) is 0 Å². The monoisotopic (exact) mass is 276 g/mol. The molecular weight excluding hydrogens is 264 g/mol. The average Bonchev–Trinajstić information content (AvgIpc) is 2.92. The predicted molar refractivity (Wildman–Crippen MR) is 71.4 cm³/mol. The lowest BCUT2D eigenvalue weighted by Crippen LogP contribution is -1.96. The van der Waals surface area contributed by atoms with Gasteiger partial charge >= 0.3 is 0 Å². The van der Waals surface area contributed by atoms with E-state index in [1.807, 2.05) is 17.8 Å². The van der Waals surface area contributed by atoms with Crippen LogP contribution in [-0.4, -0.2) is 34.2 Å². The van der Waals surface area contributed by atoms with E-state index in [9.17, 15) is 8.42 Å². The number of nitrogens with one attached hydrogen (secondary N) is 1. The van der Waals surface area contributed by atoms with Crippen molar-refractivity contribution in [2.45, 2.75) is 4.90 Å². The molecule has 0 aliphatic carbocycles. The van der Waals surface area contributed by atoms with Crippen LogP contribution in [-0.2, 0) is 16.9 Å². The van der Waals surface area contributed by atoms with E-state index in [0.717, 1.165) is 5.69 Å². The zero-order valence-corrected chi connectivity index (χ0v) is 11.3. The van der Waals surface area contributed by atoms with E-state index >= 15 is 0 Å². The van der Waals surface area contributed by atoms with Gasteiger partial charge in [0.25, 0.3) is 0 Å². The van der Waals surface area contributed by atoms with Gasteiger partial charge in [-0.05, 0) is 18.2 Å². The standard InChI is InChI=1S/C12H12N4O2S/c1-16-6-11(13-7-16)12-14-9-4-3-8(19(2,17)18)5-10(9)15-12/h3-7H,1-2H3,(H,14,15). The molecule has 7 heteroatoms. The van der Waals surface area contributed by atoms with Gasteiger partial charge < -0.3 is 9.55 Å². The maximum absolute atomic E-state index is 11.5. The molecule has 6 nitrogen and oxygen atoms in total.